The van der Waals surface area contributed by atoms with Crippen LogP contribution in [0.5, 0.6) is 0 Å². The Kier molecular flexibility index (Phi) is 2.54. The Morgan fingerprint density at radius 1 is 1.56 bits per heavy atom. The Labute approximate surface area is 113 Å². The molecule has 0 aromatic carbocycles. The summed E-state index contributed by atoms with van der Waals surface area (Å²) >= 11 is 6.72. The minimum absolute atomic E-state index is 0.0415. The Balaban J connectivity index is 1.88. The van der Waals surface area contributed by atoms with Crippen LogP contribution in [0, 0.1) is 11.3 Å². The Hall–Kier alpha value is -0.630. The van der Waals surface area contributed by atoms with Gasteiger partial charge in [0.25, 0.3) is 10.0 Å². The highest BCUT2D eigenvalue weighted by atomic mass is 35.5. The first-order chi connectivity index (χ1) is 8.36. The first-order valence-electron chi connectivity index (χ1n) is 5.35. The molecule has 0 bridgehead atoms. The lowest BCUT2D eigenvalue weighted by molar-refractivity contribution is -0.143. The lowest BCUT2D eigenvalue weighted by Crippen LogP contribution is -2.33. The number of nitrogens with zero attached hydrogens (tertiary/aromatic N) is 1. The number of carbonyl (C=O) groups is 1. The van der Waals surface area contributed by atoms with Crippen LogP contribution >= 0.6 is 22.9 Å². The number of hydrogen-bond acceptors (Lipinski definition) is 4. The minimum atomic E-state index is -3.59. The first-order valence-corrected chi connectivity index (χ1v) is 7.98. The summed E-state index contributed by atoms with van der Waals surface area (Å²) in [6, 6.07) is 2.99. The van der Waals surface area contributed by atoms with Gasteiger partial charge in [0.1, 0.15) is 4.21 Å². The molecule has 0 amide bonds. The smallest absolute Gasteiger partial charge is 0.311 e. The van der Waals surface area contributed by atoms with Crippen LogP contribution in [0.25, 0.3) is 0 Å². The van der Waals surface area contributed by atoms with Gasteiger partial charge in [-0.1, -0.05) is 11.6 Å². The lowest BCUT2D eigenvalue weighted by atomic mass is 10.1. The summed E-state index contributed by atoms with van der Waals surface area (Å²) in [5.74, 6) is -0.936. The van der Waals surface area contributed by atoms with Crippen LogP contribution in [0.1, 0.15) is 6.42 Å². The van der Waals surface area contributed by atoms with Crippen LogP contribution in [0.4, 0.5) is 0 Å². The molecule has 1 saturated carbocycles. The number of piperidine rings is 1. The van der Waals surface area contributed by atoms with Crippen LogP contribution in [0.3, 0.4) is 0 Å². The molecule has 18 heavy (non-hydrogen) atoms. The van der Waals surface area contributed by atoms with Gasteiger partial charge in [-0.3, -0.25) is 4.79 Å². The average molecular weight is 308 g/mol. The molecule has 8 heteroatoms. The zero-order valence-corrected chi connectivity index (χ0v) is 11.6. The van der Waals surface area contributed by atoms with E-state index in [2.05, 4.69) is 0 Å². The largest absolute Gasteiger partial charge is 0.481 e. The van der Waals surface area contributed by atoms with Crippen LogP contribution in [0.2, 0.25) is 4.34 Å². The van der Waals surface area contributed by atoms with E-state index in [1.807, 2.05) is 0 Å². The molecule has 0 spiro atoms. The van der Waals surface area contributed by atoms with E-state index in [0.717, 1.165) is 11.3 Å². The molecule has 2 heterocycles. The molecule has 1 aromatic heterocycles. The van der Waals surface area contributed by atoms with E-state index in [0.29, 0.717) is 17.3 Å². The van der Waals surface area contributed by atoms with Gasteiger partial charge in [-0.2, -0.15) is 4.31 Å². The summed E-state index contributed by atoms with van der Waals surface area (Å²) in [4.78, 5) is 11.1. The standard InChI is InChI=1S/C10H10ClNO4S2/c11-7-1-2-8(17-7)18(15,16)12-4-6-3-10(6,5-12)9(13)14/h1-2,6H,3-5H2,(H,13,14)/t6-,10+/m0/s1. The molecule has 1 aliphatic carbocycles. The van der Waals surface area contributed by atoms with Crippen LogP contribution in [-0.2, 0) is 14.8 Å². The van der Waals surface area contributed by atoms with Crippen LogP contribution in [0.15, 0.2) is 16.3 Å². The number of hydrogen-bond donors (Lipinski definition) is 1. The van der Waals surface area contributed by atoms with Gasteiger partial charge in [-0.25, -0.2) is 8.42 Å². The van der Waals surface area contributed by atoms with E-state index >= 15 is 0 Å². The Morgan fingerprint density at radius 3 is 2.78 bits per heavy atom. The van der Waals surface area contributed by atoms with E-state index in [1.54, 1.807) is 0 Å². The molecule has 1 aliphatic heterocycles. The van der Waals surface area contributed by atoms with E-state index in [-0.39, 0.29) is 16.7 Å². The third-order valence-electron chi connectivity index (χ3n) is 3.68. The van der Waals surface area contributed by atoms with E-state index in [1.165, 1.54) is 16.4 Å². The summed E-state index contributed by atoms with van der Waals surface area (Å²) < 4.78 is 26.4. The maximum atomic E-state index is 12.3. The highest BCUT2D eigenvalue weighted by Crippen LogP contribution is 2.58. The summed E-state index contributed by atoms with van der Waals surface area (Å²) in [7, 11) is -3.59. The van der Waals surface area contributed by atoms with Crippen molar-refractivity contribution in [2.45, 2.75) is 10.6 Å². The molecule has 0 radical (unpaired) electrons. The van der Waals surface area contributed by atoms with Crippen molar-refractivity contribution in [2.24, 2.45) is 11.3 Å². The van der Waals surface area contributed by atoms with Crippen molar-refractivity contribution in [3.05, 3.63) is 16.5 Å². The molecule has 1 N–H and O–H groups in total. The molecular weight excluding hydrogens is 298 g/mol. The number of thiophene rings is 1. The maximum Gasteiger partial charge on any atom is 0.311 e. The Morgan fingerprint density at radius 2 is 2.28 bits per heavy atom. The van der Waals surface area contributed by atoms with Gasteiger partial charge >= 0.3 is 5.97 Å². The average Bonchev–Trinajstić information content (AvgIpc) is 2.69. The third kappa shape index (κ3) is 1.61. The third-order valence-corrected chi connectivity index (χ3v) is 7.19. The normalized spacial score (nSPS) is 31.3. The molecule has 3 rings (SSSR count). The molecule has 2 aliphatic rings. The van der Waals surface area contributed by atoms with Crippen molar-refractivity contribution < 1.29 is 18.3 Å². The van der Waals surface area contributed by atoms with Crippen LogP contribution in [-0.4, -0.2) is 36.9 Å². The topological polar surface area (TPSA) is 74.7 Å². The predicted molar refractivity (Wildman–Crippen MR) is 66.3 cm³/mol. The summed E-state index contributed by atoms with van der Waals surface area (Å²) in [5, 5.41) is 9.13. The summed E-state index contributed by atoms with van der Waals surface area (Å²) in [6.45, 7) is 0.370. The number of rotatable bonds is 3. The van der Waals surface area contributed by atoms with Crippen molar-refractivity contribution in [3.63, 3.8) is 0 Å². The second-order valence-corrected chi connectivity index (χ2v) is 8.60. The molecule has 98 valence electrons. The zero-order chi connectivity index (χ0) is 13.1. The summed E-state index contributed by atoms with van der Waals surface area (Å²) in [6.07, 6.45) is 0.583. The monoisotopic (exact) mass is 307 g/mol. The van der Waals surface area contributed by atoms with Crippen molar-refractivity contribution in [1.29, 1.82) is 0 Å². The molecule has 0 unspecified atom stereocenters. The van der Waals surface area contributed by atoms with Gasteiger partial charge in [-0.15, -0.1) is 11.3 Å². The quantitative estimate of drug-likeness (QED) is 0.918. The van der Waals surface area contributed by atoms with Crippen molar-refractivity contribution in [1.82, 2.24) is 4.31 Å². The van der Waals surface area contributed by atoms with Gasteiger partial charge in [0.2, 0.25) is 0 Å². The first kappa shape index (κ1) is 12.4. The van der Waals surface area contributed by atoms with Crippen LogP contribution < -0.4 is 0 Å². The summed E-state index contributed by atoms with van der Waals surface area (Å²) in [5.41, 5.74) is -0.839. The molecule has 2 fully saturated rings. The number of sulfonamides is 1. The van der Waals surface area contributed by atoms with E-state index in [9.17, 15) is 13.2 Å². The zero-order valence-electron chi connectivity index (χ0n) is 9.17. The second-order valence-electron chi connectivity index (χ2n) is 4.72. The number of carboxylic acids is 1. The van der Waals surface area contributed by atoms with Gasteiger partial charge in [-0.05, 0) is 24.5 Å². The molecule has 1 aromatic rings. The lowest BCUT2D eigenvalue weighted by Gasteiger charge is -2.17. The fourth-order valence-corrected chi connectivity index (χ4v) is 5.71. The SMILES string of the molecule is O=C(O)[C@@]12C[C@H]1CN(S(=O)(=O)c1ccc(Cl)s1)C2. The van der Waals surface area contributed by atoms with Crippen molar-refractivity contribution >= 4 is 38.9 Å². The van der Waals surface area contributed by atoms with E-state index in [4.69, 9.17) is 16.7 Å². The van der Waals surface area contributed by atoms with Crippen molar-refractivity contribution in [2.75, 3.05) is 13.1 Å². The maximum absolute atomic E-state index is 12.3. The molecule has 5 nitrogen and oxygen atoms in total. The van der Waals surface area contributed by atoms with E-state index < -0.39 is 21.4 Å². The molecular formula is C10H10ClNO4S2. The number of carboxylic acid groups (broad SMARTS) is 1. The number of aliphatic carboxylic acids is 1. The van der Waals surface area contributed by atoms with Crippen molar-refractivity contribution in [3.8, 4) is 0 Å². The van der Waals surface area contributed by atoms with Gasteiger partial charge in [0.15, 0.2) is 0 Å². The second kappa shape index (κ2) is 3.69. The predicted octanol–water partition coefficient (Wildman–Crippen LogP) is 1.50. The fraction of sp³-hybridized carbons (Fsp3) is 0.500. The minimum Gasteiger partial charge on any atom is -0.481 e. The highest BCUT2D eigenvalue weighted by Gasteiger charge is 2.67. The number of fused-ring (bicyclic) bond motifs is 1. The highest BCUT2D eigenvalue weighted by molar-refractivity contribution is 7.91. The molecule has 1 saturated heterocycles. The Bertz CT molecular complexity index is 626. The van der Waals surface area contributed by atoms with Gasteiger partial charge in [0.05, 0.1) is 9.75 Å². The molecule has 2 atom stereocenters. The fourth-order valence-electron chi connectivity index (χ4n) is 2.52. The number of halogens is 1. The van der Waals surface area contributed by atoms with Gasteiger partial charge < -0.3 is 5.11 Å². The van der Waals surface area contributed by atoms with Gasteiger partial charge in [0, 0.05) is 13.1 Å².